The van der Waals surface area contributed by atoms with Crippen LogP contribution in [0.1, 0.15) is 40.1 Å². The zero-order chi connectivity index (χ0) is 14.7. The number of oxime groups is 2. The lowest BCUT2D eigenvalue weighted by atomic mass is 10.1. The van der Waals surface area contributed by atoms with Gasteiger partial charge in [0.25, 0.3) is 0 Å². The third kappa shape index (κ3) is 2.69. The number of benzene rings is 1. The number of fused-ring (bicyclic) bond motifs is 1. The first-order valence-corrected chi connectivity index (χ1v) is 7.77. The highest BCUT2D eigenvalue weighted by molar-refractivity contribution is 7.14. The fraction of sp³-hybridized carbons (Fsp3) is 0.250. The van der Waals surface area contributed by atoms with Crippen LogP contribution in [0.3, 0.4) is 0 Å². The first-order chi connectivity index (χ1) is 10.3. The number of rotatable bonds is 2. The van der Waals surface area contributed by atoms with E-state index in [2.05, 4.69) is 10.3 Å². The van der Waals surface area contributed by atoms with Gasteiger partial charge in [0.05, 0.1) is 10.6 Å². The van der Waals surface area contributed by atoms with E-state index in [9.17, 15) is 10.4 Å². The van der Waals surface area contributed by atoms with E-state index in [1.807, 2.05) is 36.4 Å². The van der Waals surface area contributed by atoms with Crippen LogP contribution in [0.4, 0.5) is 0 Å². The Morgan fingerprint density at radius 1 is 1.05 bits per heavy atom. The van der Waals surface area contributed by atoms with Crippen LogP contribution in [0.5, 0.6) is 0 Å². The van der Waals surface area contributed by atoms with Gasteiger partial charge in [0, 0.05) is 16.0 Å². The molecule has 1 heterocycles. The molecule has 0 unspecified atom stereocenters. The molecular weight excluding hydrogens is 284 g/mol. The third-order valence-corrected chi connectivity index (χ3v) is 4.89. The Labute approximate surface area is 127 Å². The smallest absolute Gasteiger partial charge is 0.127 e. The Kier molecular flexibility index (Phi) is 4.01. The van der Waals surface area contributed by atoms with Gasteiger partial charge in [0.2, 0.25) is 0 Å². The van der Waals surface area contributed by atoms with Crippen LogP contribution in [-0.4, -0.2) is 21.8 Å². The van der Waals surface area contributed by atoms with Gasteiger partial charge in [0.15, 0.2) is 0 Å². The van der Waals surface area contributed by atoms with Crippen molar-refractivity contribution in [1.82, 2.24) is 0 Å². The monoisotopic (exact) mass is 300 g/mol. The summed E-state index contributed by atoms with van der Waals surface area (Å²) in [5, 5.41) is 25.5. The quantitative estimate of drug-likeness (QED) is 0.382. The van der Waals surface area contributed by atoms with Crippen molar-refractivity contribution < 1.29 is 10.4 Å². The van der Waals surface area contributed by atoms with Gasteiger partial charge < -0.3 is 10.4 Å². The molecule has 1 aliphatic rings. The predicted octanol–water partition coefficient (Wildman–Crippen LogP) is 3.88. The molecule has 1 aromatic carbocycles. The molecule has 0 amide bonds. The van der Waals surface area contributed by atoms with E-state index >= 15 is 0 Å². The van der Waals surface area contributed by atoms with E-state index in [-0.39, 0.29) is 0 Å². The topological polar surface area (TPSA) is 65.2 Å². The second-order valence-corrected chi connectivity index (χ2v) is 6.15. The van der Waals surface area contributed by atoms with Crippen LogP contribution in [-0.2, 0) is 6.42 Å². The summed E-state index contributed by atoms with van der Waals surface area (Å²) in [4.78, 5) is 2.10. The molecule has 0 aliphatic heterocycles. The molecule has 0 spiro atoms. The summed E-state index contributed by atoms with van der Waals surface area (Å²) < 4.78 is 0. The molecule has 2 aromatic rings. The summed E-state index contributed by atoms with van der Waals surface area (Å²) >= 11 is 1.61. The molecule has 1 aromatic heterocycles. The maximum atomic E-state index is 9.39. The molecular formula is C16H16N2O2S. The van der Waals surface area contributed by atoms with Gasteiger partial charge in [-0.3, -0.25) is 0 Å². The molecule has 4 nitrogen and oxygen atoms in total. The Bertz CT molecular complexity index is 690. The van der Waals surface area contributed by atoms with Crippen molar-refractivity contribution >= 4 is 22.8 Å². The lowest BCUT2D eigenvalue weighted by Gasteiger charge is -2.01. The van der Waals surface area contributed by atoms with Gasteiger partial charge in [-0.25, -0.2) is 0 Å². The largest absolute Gasteiger partial charge is 0.411 e. The summed E-state index contributed by atoms with van der Waals surface area (Å²) in [7, 11) is 0. The number of thiophene rings is 1. The SMILES string of the molecule is ON=C(c1ccccc1)c1cc2c(s1)CCCCC2=NO. The summed E-state index contributed by atoms with van der Waals surface area (Å²) in [5.41, 5.74) is 3.16. The van der Waals surface area contributed by atoms with Crippen molar-refractivity contribution in [3.8, 4) is 0 Å². The van der Waals surface area contributed by atoms with E-state index in [4.69, 9.17) is 0 Å². The Morgan fingerprint density at radius 2 is 1.81 bits per heavy atom. The molecule has 0 saturated heterocycles. The average molecular weight is 300 g/mol. The summed E-state index contributed by atoms with van der Waals surface area (Å²) in [5.74, 6) is 0. The third-order valence-electron chi connectivity index (χ3n) is 3.69. The number of hydrogen-bond donors (Lipinski definition) is 2. The standard InChI is InChI=1S/C16H16N2O2S/c19-17-13-8-4-5-9-14-12(13)10-15(21-14)16(18-20)11-6-2-1-3-7-11/h1-3,6-7,10,19-20H,4-5,8-9H2. The molecule has 5 heteroatoms. The highest BCUT2D eigenvalue weighted by atomic mass is 32.1. The number of nitrogens with zero attached hydrogens (tertiary/aromatic N) is 2. The van der Waals surface area contributed by atoms with Gasteiger partial charge >= 0.3 is 0 Å². The Morgan fingerprint density at radius 3 is 2.52 bits per heavy atom. The molecule has 0 fully saturated rings. The van der Waals surface area contributed by atoms with Crippen molar-refractivity contribution in [2.45, 2.75) is 25.7 Å². The minimum atomic E-state index is 0.561. The van der Waals surface area contributed by atoms with Crippen LogP contribution in [0.15, 0.2) is 46.7 Å². The normalized spacial score (nSPS) is 17.5. The van der Waals surface area contributed by atoms with E-state index in [0.717, 1.165) is 47.4 Å². The second kappa shape index (κ2) is 6.10. The van der Waals surface area contributed by atoms with Crippen LogP contribution in [0, 0.1) is 0 Å². The Balaban J connectivity index is 2.05. The van der Waals surface area contributed by atoms with Crippen molar-refractivity contribution in [3.63, 3.8) is 0 Å². The number of aryl methyl sites for hydroxylation is 1. The second-order valence-electron chi connectivity index (χ2n) is 5.02. The van der Waals surface area contributed by atoms with E-state index in [1.165, 1.54) is 4.88 Å². The molecule has 0 radical (unpaired) electrons. The number of hydrogen-bond acceptors (Lipinski definition) is 5. The van der Waals surface area contributed by atoms with Gasteiger partial charge in [0.1, 0.15) is 5.71 Å². The van der Waals surface area contributed by atoms with Crippen molar-refractivity contribution in [2.24, 2.45) is 10.3 Å². The molecule has 0 bridgehead atoms. The molecule has 0 saturated carbocycles. The van der Waals surface area contributed by atoms with Gasteiger partial charge in [-0.05, 0) is 31.7 Å². The van der Waals surface area contributed by atoms with Crippen molar-refractivity contribution in [2.75, 3.05) is 0 Å². The van der Waals surface area contributed by atoms with E-state index in [0.29, 0.717) is 5.71 Å². The lowest BCUT2D eigenvalue weighted by molar-refractivity contribution is 0.318. The first kappa shape index (κ1) is 13.8. The fourth-order valence-corrected chi connectivity index (χ4v) is 3.87. The van der Waals surface area contributed by atoms with Crippen LogP contribution in [0.2, 0.25) is 0 Å². The zero-order valence-corrected chi connectivity index (χ0v) is 12.3. The molecule has 0 atom stereocenters. The maximum Gasteiger partial charge on any atom is 0.127 e. The van der Waals surface area contributed by atoms with Gasteiger partial charge in [-0.1, -0.05) is 40.6 Å². The van der Waals surface area contributed by atoms with Gasteiger partial charge in [-0.15, -0.1) is 11.3 Å². The first-order valence-electron chi connectivity index (χ1n) is 6.95. The van der Waals surface area contributed by atoms with Gasteiger partial charge in [-0.2, -0.15) is 0 Å². The van der Waals surface area contributed by atoms with E-state index < -0.39 is 0 Å². The van der Waals surface area contributed by atoms with E-state index in [1.54, 1.807) is 11.3 Å². The van der Waals surface area contributed by atoms with Crippen LogP contribution < -0.4 is 0 Å². The molecule has 3 rings (SSSR count). The van der Waals surface area contributed by atoms with Crippen molar-refractivity contribution in [3.05, 3.63) is 57.3 Å². The molecule has 108 valence electrons. The molecule has 21 heavy (non-hydrogen) atoms. The summed E-state index contributed by atoms with van der Waals surface area (Å²) in [6.45, 7) is 0. The lowest BCUT2D eigenvalue weighted by Crippen LogP contribution is -2.02. The summed E-state index contributed by atoms with van der Waals surface area (Å²) in [6, 6.07) is 11.6. The summed E-state index contributed by atoms with van der Waals surface area (Å²) in [6.07, 6.45) is 3.89. The molecule has 2 N–H and O–H groups in total. The molecule has 1 aliphatic carbocycles. The average Bonchev–Trinajstić information content (AvgIpc) is 2.84. The van der Waals surface area contributed by atoms with Crippen LogP contribution >= 0.6 is 11.3 Å². The predicted molar refractivity (Wildman–Crippen MR) is 84.1 cm³/mol. The minimum absolute atomic E-state index is 0.561. The minimum Gasteiger partial charge on any atom is -0.411 e. The van der Waals surface area contributed by atoms with Crippen LogP contribution in [0.25, 0.3) is 0 Å². The van der Waals surface area contributed by atoms with Crippen molar-refractivity contribution in [1.29, 1.82) is 0 Å². The Hall–Kier alpha value is -2.14. The maximum absolute atomic E-state index is 9.39. The highest BCUT2D eigenvalue weighted by Crippen LogP contribution is 2.31. The fourth-order valence-electron chi connectivity index (χ4n) is 2.64. The zero-order valence-electron chi connectivity index (χ0n) is 11.5. The highest BCUT2D eigenvalue weighted by Gasteiger charge is 2.20.